The molecule has 1 aromatic carbocycles. The third kappa shape index (κ3) is 4.06. The Kier molecular flexibility index (Phi) is 5.12. The summed E-state index contributed by atoms with van der Waals surface area (Å²) < 4.78 is 0. The van der Waals surface area contributed by atoms with Gasteiger partial charge in [0.15, 0.2) is 0 Å². The molecule has 0 fully saturated rings. The van der Waals surface area contributed by atoms with Crippen LogP contribution in [0.1, 0.15) is 30.4 Å². The average molecular weight is 276 g/mol. The van der Waals surface area contributed by atoms with Gasteiger partial charge in [0, 0.05) is 25.3 Å². The van der Waals surface area contributed by atoms with Gasteiger partial charge in [0.05, 0.1) is 6.42 Å². The van der Waals surface area contributed by atoms with Gasteiger partial charge in [-0.25, -0.2) is 0 Å². The van der Waals surface area contributed by atoms with Crippen LogP contribution in [0.15, 0.2) is 18.2 Å². The fraction of sp³-hybridized carbons (Fsp3) is 0.467. The number of carbonyl (C=O) groups excluding carboxylic acids is 2. The maximum absolute atomic E-state index is 11.5. The van der Waals surface area contributed by atoms with Crippen LogP contribution in [0.5, 0.6) is 0 Å². The van der Waals surface area contributed by atoms with Crippen molar-refractivity contribution in [2.45, 2.75) is 32.1 Å². The van der Waals surface area contributed by atoms with Gasteiger partial charge >= 0.3 is 0 Å². The molecule has 0 unspecified atom stereocenters. The van der Waals surface area contributed by atoms with E-state index in [1.807, 2.05) is 18.2 Å². The number of rotatable bonds is 7. The number of amides is 2. The molecule has 3 N–H and O–H groups in total. The van der Waals surface area contributed by atoms with Crippen LogP contribution in [0, 0.1) is 0 Å². The second kappa shape index (κ2) is 7.05. The van der Waals surface area contributed by atoms with E-state index in [4.69, 9.17) is 5.11 Å². The normalized spacial score (nSPS) is 12.9. The molecule has 5 nitrogen and oxygen atoms in total. The molecule has 0 aromatic heterocycles. The Hall–Kier alpha value is -1.88. The minimum Gasteiger partial charge on any atom is -0.396 e. The van der Waals surface area contributed by atoms with Gasteiger partial charge in [-0.1, -0.05) is 12.1 Å². The van der Waals surface area contributed by atoms with Crippen molar-refractivity contribution in [1.29, 1.82) is 0 Å². The molecule has 1 aromatic rings. The summed E-state index contributed by atoms with van der Waals surface area (Å²) in [5.41, 5.74) is 3.10. The third-order valence-electron chi connectivity index (χ3n) is 3.32. The number of nitrogens with one attached hydrogen (secondary N) is 2. The highest BCUT2D eigenvalue weighted by Crippen LogP contribution is 2.24. The number of aliphatic hydroxyl groups excluding tert-OH is 1. The van der Waals surface area contributed by atoms with Crippen LogP contribution in [-0.2, 0) is 22.4 Å². The summed E-state index contributed by atoms with van der Waals surface area (Å²) in [6.07, 6.45) is 3.14. The first-order chi connectivity index (χ1) is 9.69. The van der Waals surface area contributed by atoms with E-state index in [0.29, 0.717) is 25.8 Å². The second-order valence-corrected chi connectivity index (χ2v) is 5.00. The molecule has 0 spiro atoms. The molecule has 2 rings (SSSR count). The number of hydrogen-bond donors (Lipinski definition) is 3. The lowest BCUT2D eigenvalue weighted by Crippen LogP contribution is -2.24. The Morgan fingerprint density at radius 1 is 1.35 bits per heavy atom. The van der Waals surface area contributed by atoms with E-state index in [0.717, 1.165) is 29.7 Å². The van der Waals surface area contributed by atoms with Gasteiger partial charge in [0.1, 0.15) is 0 Å². The number of hydrogen-bond acceptors (Lipinski definition) is 3. The number of aryl methyl sites for hydroxylation is 1. The molecule has 20 heavy (non-hydrogen) atoms. The van der Waals surface area contributed by atoms with Crippen molar-refractivity contribution in [3.05, 3.63) is 29.3 Å². The predicted molar refractivity (Wildman–Crippen MR) is 76.4 cm³/mol. The lowest BCUT2D eigenvalue weighted by Gasteiger charge is -2.05. The number of carbonyl (C=O) groups is 2. The molecule has 108 valence electrons. The van der Waals surface area contributed by atoms with Crippen molar-refractivity contribution in [2.75, 3.05) is 18.5 Å². The number of anilines is 1. The molecule has 1 aliphatic heterocycles. The van der Waals surface area contributed by atoms with E-state index >= 15 is 0 Å². The highest BCUT2D eigenvalue weighted by atomic mass is 16.3. The van der Waals surface area contributed by atoms with Gasteiger partial charge in [0.2, 0.25) is 11.8 Å². The van der Waals surface area contributed by atoms with E-state index in [1.54, 1.807) is 0 Å². The quantitative estimate of drug-likeness (QED) is 0.650. The SMILES string of the molecule is O=C(CCCc1ccc2c(c1)CC(=O)N2)NCCCO. The zero-order chi connectivity index (χ0) is 14.4. The predicted octanol–water partition coefficient (Wildman–Crippen LogP) is 1.00. The molecule has 0 atom stereocenters. The number of fused-ring (bicyclic) bond motifs is 1. The Bertz CT molecular complexity index is 500. The summed E-state index contributed by atoms with van der Waals surface area (Å²) in [4.78, 5) is 22.7. The highest BCUT2D eigenvalue weighted by Gasteiger charge is 2.17. The molecule has 2 amide bonds. The van der Waals surface area contributed by atoms with Crippen molar-refractivity contribution >= 4 is 17.5 Å². The summed E-state index contributed by atoms with van der Waals surface area (Å²) >= 11 is 0. The van der Waals surface area contributed by atoms with E-state index in [2.05, 4.69) is 10.6 Å². The molecule has 1 aliphatic rings. The lowest BCUT2D eigenvalue weighted by molar-refractivity contribution is -0.121. The highest BCUT2D eigenvalue weighted by molar-refractivity contribution is 5.99. The monoisotopic (exact) mass is 276 g/mol. The fourth-order valence-electron chi connectivity index (χ4n) is 2.29. The van der Waals surface area contributed by atoms with Gasteiger partial charge in [-0.05, 0) is 36.5 Å². The summed E-state index contributed by atoms with van der Waals surface area (Å²) in [7, 11) is 0. The average Bonchev–Trinajstić information content (AvgIpc) is 2.78. The van der Waals surface area contributed by atoms with Crippen LogP contribution in [-0.4, -0.2) is 30.1 Å². The third-order valence-corrected chi connectivity index (χ3v) is 3.32. The molecular weight excluding hydrogens is 256 g/mol. The Labute approximate surface area is 118 Å². The Morgan fingerprint density at radius 2 is 2.20 bits per heavy atom. The summed E-state index contributed by atoms with van der Waals surface area (Å²) in [5, 5.41) is 14.2. The molecule has 0 saturated carbocycles. The van der Waals surface area contributed by atoms with E-state index in [1.165, 1.54) is 0 Å². The van der Waals surface area contributed by atoms with Crippen LogP contribution in [0.25, 0.3) is 0 Å². The Balaban J connectivity index is 1.74. The van der Waals surface area contributed by atoms with Crippen LogP contribution in [0.3, 0.4) is 0 Å². The zero-order valence-electron chi connectivity index (χ0n) is 11.4. The van der Waals surface area contributed by atoms with Crippen molar-refractivity contribution in [3.8, 4) is 0 Å². The largest absolute Gasteiger partial charge is 0.396 e. The van der Waals surface area contributed by atoms with Crippen molar-refractivity contribution in [2.24, 2.45) is 0 Å². The lowest BCUT2D eigenvalue weighted by atomic mass is 10.0. The first-order valence-electron chi connectivity index (χ1n) is 6.98. The van der Waals surface area contributed by atoms with Crippen LogP contribution >= 0.6 is 0 Å². The van der Waals surface area contributed by atoms with Gasteiger partial charge in [-0.3, -0.25) is 9.59 Å². The maximum atomic E-state index is 11.5. The zero-order valence-corrected chi connectivity index (χ0v) is 11.4. The molecule has 0 aliphatic carbocycles. The summed E-state index contributed by atoms with van der Waals surface area (Å²) in [6, 6.07) is 5.96. The van der Waals surface area contributed by atoms with E-state index < -0.39 is 0 Å². The molecule has 0 radical (unpaired) electrons. The topological polar surface area (TPSA) is 78.4 Å². The van der Waals surface area contributed by atoms with Crippen LogP contribution in [0.4, 0.5) is 5.69 Å². The summed E-state index contributed by atoms with van der Waals surface area (Å²) in [5.74, 6) is 0.0665. The number of aliphatic hydroxyl groups is 1. The second-order valence-electron chi connectivity index (χ2n) is 5.00. The van der Waals surface area contributed by atoms with E-state index in [9.17, 15) is 9.59 Å². The van der Waals surface area contributed by atoms with Crippen LogP contribution in [0.2, 0.25) is 0 Å². The summed E-state index contributed by atoms with van der Waals surface area (Å²) in [6.45, 7) is 0.629. The molecular formula is C15H20N2O3. The van der Waals surface area contributed by atoms with Crippen molar-refractivity contribution in [3.63, 3.8) is 0 Å². The maximum Gasteiger partial charge on any atom is 0.228 e. The Morgan fingerprint density at radius 3 is 3.00 bits per heavy atom. The molecule has 1 heterocycles. The molecule has 0 saturated heterocycles. The van der Waals surface area contributed by atoms with Gasteiger partial charge in [0.25, 0.3) is 0 Å². The number of benzene rings is 1. The molecule has 0 bridgehead atoms. The van der Waals surface area contributed by atoms with Crippen molar-refractivity contribution in [1.82, 2.24) is 5.32 Å². The van der Waals surface area contributed by atoms with Gasteiger partial charge in [-0.2, -0.15) is 0 Å². The van der Waals surface area contributed by atoms with E-state index in [-0.39, 0.29) is 18.4 Å². The fourth-order valence-corrected chi connectivity index (χ4v) is 2.29. The minimum atomic E-state index is 0.0245. The first-order valence-corrected chi connectivity index (χ1v) is 6.98. The van der Waals surface area contributed by atoms with Crippen molar-refractivity contribution < 1.29 is 14.7 Å². The minimum absolute atomic E-state index is 0.0245. The van der Waals surface area contributed by atoms with Gasteiger partial charge in [-0.15, -0.1) is 0 Å². The molecule has 5 heteroatoms. The smallest absolute Gasteiger partial charge is 0.228 e. The van der Waals surface area contributed by atoms with Crippen LogP contribution < -0.4 is 10.6 Å². The standard InChI is InChI=1S/C15H20N2O3/c18-8-2-7-16-14(19)4-1-3-11-5-6-13-12(9-11)10-15(20)17-13/h5-6,9,18H,1-4,7-8,10H2,(H,16,19)(H,17,20). The van der Waals surface area contributed by atoms with Gasteiger partial charge < -0.3 is 15.7 Å². The first kappa shape index (κ1) is 14.5.